The van der Waals surface area contributed by atoms with Gasteiger partial charge in [0.15, 0.2) is 0 Å². The number of nitrogens with zero attached hydrogens (tertiary/aromatic N) is 1. The minimum atomic E-state index is -3.52. The van der Waals surface area contributed by atoms with E-state index in [1.54, 1.807) is 35.2 Å². The smallest absolute Gasteiger partial charge is 0.321 e. The van der Waals surface area contributed by atoms with Crippen LogP contribution in [-0.2, 0) is 14.6 Å². The largest absolute Gasteiger partial charge is 0.497 e. The van der Waals surface area contributed by atoms with Crippen molar-refractivity contribution in [3.05, 3.63) is 48.5 Å². The molecule has 136 valence electrons. The van der Waals surface area contributed by atoms with Gasteiger partial charge in [0.1, 0.15) is 11.5 Å². The highest BCUT2D eigenvalue weighted by molar-refractivity contribution is 7.96. The molecule has 0 saturated carbocycles. The number of ether oxygens (including phenoxy) is 1. The van der Waals surface area contributed by atoms with E-state index in [-0.39, 0.29) is 16.7 Å². The molecule has 1 unspecified atom stereocenters. The molecule has 0 radical (unpaired) electrons. The van der Waals surface area contributed by atoms with E-state index in [1.165, 1.54) is 30.5 Å². The normalized spacial score (nSPS) is 16.2. The summed E-state index contributed by atoms with van der Waals surface area (Å²) >= 11 is 0. The van der Waals surface area contributed by atoms with Crippen molar-refractivity contribution < 1.29 is 22.7 Å². The number of urea groups is 1. The molecular formula is C18H18N2O5S. The van der Waals surface area contributed by atoms with Crippen LogP contribution in [0.2, 0.25) is 0 Å². The average Bonchev–Trinajstić information content (AvgIpc) is 2.68. The predicted octanol–water partition coefficient (Wildman–Crippen LogP) is 2.32. The van der Waals surface area contributed by atoms with Gasteiger partial charge in [0.25, 0.3) is 0 Å². The summed E-state index contributed by atoms with van der Waals surface area (Å²) in [6, 6.07) is 12.6. The quantitative estimate of drug-likeness (QED) is 0.812. The van der Waals surface area contributed by atoms with E-state index in [0.717, 1.165) is 6.42 Å². The summed E-state index contributed by atoms with van der Waals surface area (Å²) in [4.78, 5) is 25.1. The minimum absolute atomic E-state index is 0.177. The van der Waals surface area contributed by atoms with Gasteiger partial charge in [0.2, 0.25) is 15.0 Å². The molecular weight excluding hydrogens is 356 g/mol. The minimum Gasteiger partial charge on any atom is -0.497 e. The van der Waals surface area contributed by atoms with Crippen LogP contribution in [0.1, 0.15) is 6.42 Å². The van der Waals surface area contributed by atoms with E-state index < -0.39 is 9.80 Å². The first-order valence-corrected chi connectivity index (χ1v) is 9.46. The zero-order valence-electron chi connectivity index (χ0n) is 14.1. The second-order valence-corrected chi connectivity index (χ2v) is 7.39. The zero-order valence-corrected chi connectivity index (χ0v) is 15.0. The Bertz CT molecular complexity index is 944. The molecule has 1 aliphatic rings. The number of rotatable bonds is 5. The van der Waals surface area contributed by atoms with Gasteiger partial charge in [-0.3, -0.25) is 4.90 Å². The summed E-state index contributed by atoms with van der Waals surface area (Å²) in [6.45, 7) is 1.25. The number of methoxy groups -OCH3 is 1. The maximum absolute atomic E-state index is 12.9. The summed E-state index contributed by atoms with van der Waals surface area (Å²) in [5.41, 5.74) is 0.653. The van der Waals surface area contributed by atoms with Crippen LogP contribution in [0.15, 0.2) is 53.4 Å². The van der Waals surface area contributed by atoms with E-state index in [4.69, 9.17) is 8.92 Å². The molecule has 1 fully saturated rings. The first-order chi connectivity index (χ1) is 12.6. The standard InChI is InChI=1S/C18H18N2O5S/c1-24-15-4-2-5-16(12-15)25-26(23,13-21)17-8-6-14(7-9-17)20-11-3-10-19-18(20)22/h2,4-9,12H,3,10-11H2,1H3,(H,19,22). The Balaban J connectivity index is 1.86. The number of carbonyl (C=O) groups excluding carboxylic acids is 2. The van der Waals surface area contributed by atoms with E-state index in [1.807, 2.05) is 0 Å². The van der Waals surface area contributed by atoms with Crippen molar-refractivity contribution in [2.45, 2.75) is 11.3 Å². The van der Waals surface area contributed by atoms with Gasteiger partial charge < -0.3 is 14.2 Å². The molecule has 1 saturated heterocycles. The third kappa shape index (κ3) is 3.66. The Morgan fingerprint density at radius 2 is 1.88 bits per heavy atom. The maximum atomic E-state index is 12.9. The fourth-order valence-corrected chi connectivity index (χ4v) is 3.68. The van der Waals surface area contributed by atoms with Gasteiger partial charge in [0, 0.05) is 24.8 Å². The highest BCUT2D eigenvalue weighted by Gasteiger charge is 2.20. The van der Waals surface area contributed by atoms with Crippen LogP contribution in [0, 0.1) is 0 Å². The Morgan fingerprint density at radius 3 is 2.54 bits per heavy atom. The van der Waals surface area contributed by atoms with Crippen molar-refractivity contribution in [2.75, 3.05) is 25.1 Å². The molecule has 1 atom stereocenters. The Labute approximate surface area is 151 Å². The van der Waals surface area contributed by atoms with Crippen LogP contribution in [-0.4, -0.2) is 35.7 Å². The number of nitrogens with one attached hydrogen (secondary N) is 1. The van der Waals surface area contributed by atoms with Crippen LogP contribution in [0.4, 0.5) is 10.5 Å². The number of anilines is 1. The van der Waals surface area contributed by atoms with Gasteiger partial charge in [-0.1, -0.05) is 6.07 Å². The third-order valence-electron chi connectivity index (χ3n) is 3.90. The second kappa shape index (κ2) is 7.51. The average molecular weight is 374 g/mol. The van der Waals surface area contributed by atoms with Crippen molar-refractivity contribution in [3.63, 3.8) is 0 Å². The van der Waals surface area contributed by atoms with Crippen molar-refractivity contribution in [3.8, 4) is 11.5 Å². The van der Waals surface area contributed by atoms with Crippen LogP contribution in [0.25, 0.3) is 0 Å². The molecule has 2 aromatic carbocycles. The highest BCUT2D eigenvalue weighted by atomic mass is 32.2. The van der Waals surface area contributed by atoms with Crippen molar-refractivity contribution >= 4 is 26.8 Å². The molecule has 26 heavy (non-hydrogen) atoms. The molecule has 1 heterocycles. The van der Waals surface area contributed by atoms with E-state index >= 15 is 0 Å². The molecule has 2 amide bonds. The van der Waals surface area contributed by atoms with Crippen LogP contribution in [0.5, 0.6) is 11.5 Å². The fraction of sp³-hybridized carbons (Fsp3) is 0.222. The molecule has 3 rings (SSSR count). The molecule has 7 nitrogen and oxygen atoms in total. The van der Waals surface area contributed by atoms with Crippen LogP contribution < -0.4 is 19.1 Å². The second-order valence-electron chi connectivity index (χ2n) is 5.58. The lowest BCUT2D eigenvalue weighted by atomic mass is 10.2. The summed E-state index contributed by atoms with van der Waals surface area (Å²) in [6.07, 6.45) is 0.839. The van der Waals surface area contributed by atoms with Crippen molar-refractivity contribution in [1.82, 2.24) is 5.32 Å². The van der Waals surface area contributed by atoms with Crippen LogP contribution in [0.3, 0.4) is 0 Å². The molecule has 0 aromatic heterocycles. The summed E-state index contributed by atoms with van der Waals surface area (Å²) < 4.78 is 23.4. The lowest BCUT2D eigenvalue weighted by Gasteiger charge is -2.27. The summed E-state index contributed by atoms with van der Waals surface area (Å²) in [7, 11) is -2.03. The first-order valence-electron chi connectivity index (χ1n) is 7.98. The molecule has 8 heteroatoms. The van der Waals surface area contributed by atoms with Gasteiger partial charge in [-0.05, 0) is 42.8 Å². The van der Waals surface area contributed by atoms with Gasteiger partial charge >= 0.3 is 6.03 Å². The number of carbonyl (C=O) groups is 1. The Kier molecular flexibility index (Phi) is 5.16. The Hall–Kier alpha value is -2.96. The van der Waals surface area contributed by atoms with Crippen LogP contribution >= 0.6 is 0 Å². The maximum Gasteiger partial charge on any atom is 0.321 e. The van der Waals surface area contributed by atoms with E-state index in [9.17, 15) is 13.8 Å². The Morgan fingerprint density at radius 1 is 1.15 bits per heavy atom. The lowest BCUT2D eigenvalue weighted by molar-refractivity contribution is 0.243. The molecule has 1 aliphatic heterocycles. The lowest BCUT2D eigenvalue weighted by Crippen LogP contribution is -2.46. The molecule has 0 aliphatic carbocycles. The van der Waals surface area contributed by atoms with Gasteiger partial charge in [-0.15, -0.1) is 0 Å². The van der Waals surface area contributed by atoms with Crippen molar-refractivity contribution in [2.24, 2.45) is 0 Å². The highest BCUT2D eigenvalue weighted by Crippen LogP contribution is 2.25. The monoisotopic (exact) mass is 374 g/mol. The van der Waals surface area contributed by atoms with E-state index in [0.29, 0.717) is 24.5 Å². The predicted molar refractivity (Wildman–Crippen MR) is 97.5 cm³/mol. The summed E-state index contributed by atoms with van der Waals surface area (Å²) in [5.74, 6) is 0.749. The van der Waals surface area contributed by atoms with E-state index in [2.05, 4.69) is 5.32 Å². The van der Waals surface area contributed by atoms with Gasteiger partial charge in [-0.2, -0.15) is 0 Å². The molecule has 0 bridgehead atoms. The number of benzene rings is 2. The third-order valence-corrected chi connectivity index (χ3v) is 5.44. The number of amides is 2. The number of hydrogen-bond donors (Lipinski definition) is 1. The van der Waals surface area contributed by atoms with Gasteiger partial charge in [0.05, 0.1) is 12.0 Å². The van der Waals surface area contributed by atoms with Gasteiger partial charge in [-0.25, -0.2) is 13.8 Å². The first kappa shape index (κ1) is 17.8. The summed E-state index contributed by atoms with van der Waals surface area (Å²) in [5, 5.41) is 4.27. The molecule has 2 aromatic rings. The number of hydrogen-bond acceptors (Lipinski definition) is 5. The molecule has 0 spiro atoms. The SMILES string of the molecule is COc1cccc(OS(=O)(=C=O)c2ccc(N3CCCNC3=O)cc2)c1. The van der Waals surface area contributed by atoms with Crippen molar-refractivity contribution in [1.29, 1.82) is 0 Å². The topological polar surface area (TPSA) is 84.9 Å². The fourth-order valence-electron chi connectivity index (χ4n) is 2.58. The molecule has 1 N–H and O–H groups in total. The zero-order chi connectivity index (χ0) is 18.6.